The number of ether oxygens (including phenoxy) is 1. The van der Waals surface area contributed by atoms with Crippen LogP contribution in [0.25, 0.3) is 0 Å². The first-order valence-corrected chi connectivity index (χ1v) is 7.84. The van der Waals surface area contributed by atoms with Gasteiger partial charge in [0.25, 0.3) is 0 Å². The van der Waals surface area contributed by atoms with Gasteiger partial charge in [-0.1, -0.05) is 12.1 Å². The van der Waals surface area contributed by atoms with Gasteiger partial charge in [-0.25, -0.2) is 0 Å². The van der Waals surface area contributed by atoms with Crippen molar-refractivity contribution < 1.29 is 22.7 Å². The van der Waals surface area contributed by atoms with Crippen molar-refractivity contribution in [2.75, 3.05) is 18.5 Å². The fourth-order valence-corrected chi connectivity index (χ4v) is 2.59. The van der Waals surface area contributed by atoms with Crippen molar-refractivity contribution in [2.45, 2.75) is 19.1 Å². The maximum Gasteiger partial charge on any atom is 0.416 e. The molecule has 0 radical (unpaired) electrons. The second-order valence-electron chi connectivity index (χ2n) is 5.77. The average molecular weight is 350 g/mol. The third kappa shape index (κ3) is 4.51. The van der Waals surface area contributed by atoms with Gasteiger partial charge in [0.05, 0.1) is 12.0 Å². The highest BCUT2D eigenvalue weighted by Crippen LogP contribution is 2.29. The van der Waals surface area contributed by atoms with Gasteiger partial charge in [0.2, 0.25) is 5.91 Å². The van der Waals surface area contributed by atoms with Crippen molar-refractivity contribution >= 4 is 11.6 Å². The van der Waals surface area contributed by atoms with Crippen LogP contribution in [-0.2, 0) is 23.9 Å². The van der Waals surface area contributed by atoms with Crippen molar-refractivity contribution in [1.29, 1.82) is 0 Å². The number of anilines is 1. The van der Waals surface area contributed by atoms with Crippen molar-refractivity contribution in [2.24, 2.45) is 0 Å². The van der Waals surface area contributed by atoms with Crippen molar-refractivity contribution in [1.82, 2.24) is 5.32 Å². The van der Waals surface area contributed by atoms with E-state index in [1.54, 1.807) is 12.1 Å². The molecule has 132 valence electrons. The predicted octanol–water partition coefficient (Wildman–Crippen LogP) is 3.37. The number of hydrogen-bond acceptors (Lipinski definition) is 3. The van der Waals surface area contributed by atoms with E-state index in [0.29, 0.717) is 24.4 Å². The Morgan fingerprint density at radius 3 is 2.64 bits per heavy atom. The highest BCUT2D eigenvalue weighted by molar-refractivity contribution is 5.92. The molecule has 25 heavy (non-hydrogen) atoms. The van der Waals surface area contributed by atoms with Crippen LogP contribution < -0.4 is 15.4 Å². The molecule has 0 saturated carbocycles. The van der Waals surface area contributed by atoms with Gasteiger partial charge >= 0.3 is 6.18 Å². The summed E-state index contributed by atoms with van der Waals surface area (Å²) in [4.78, 5) is 12.1. The normalized spacial score (nSPS) is 14.2. The van der Waals surface area contributed by atoms with Crippen molar-refractivity contribution in [3.05, 3.63) is 59.2 Å². The summed E-state index contributed by atoms with van der Waals surface area (Å²) >= 11 is 0. The number of nitrogens with one attached hydrogen (secondary N) is 2. The van der Waals surface area contributed by atoms with Crippen LogP contribution in [0.1, 0.15) is 16.7 Å². The second kappa shape index (κ2) is 7.14. The minimum Gasteiger partial charge on any atom is -0.492 e. The first-order valence-electron chi connectivity index (χ1n) is 7.84. The lowest BCUT2D eigenvalue weighted by atomic mass is 10.1. The van der Waals surface area contributed by atoms with E-state index in [0.717, 1.165) is 30.0 Å². The number of fused-ring (bicyclic) bond motifs is 1. The lowest BCUT2D eigenvalue weighted by Crippen LogP contribution is -2.16. The third-order valence-corrected chi connectivity index (χ3v) is 3.84. The number of amides is 1. The Bertz CT molecular complexity index is 758. The lowest BCUT2D eigenvalue weighted by Gasteiger charge is -2.11. The highest BCUT2D eigenvalue weighted by Gasteiger charge is 2.29. The van der Waals surface area contributed by atoms with Crippen LogP contribution in [-0.4, -0.2) is 19.1 Å². The number of carbonyl (C=O) groups is 1. The molecule has 7 heteroatoms. The summed E-state index contributed by atoms with van der Waals surface area (Å²) in [7, 11) is 0. The van der Waals surface area contributed by atoms with E-state index in [-0.39, 0.29) is 12.3 Å². The second-order valence-corrected chi connectivity index (χ2v) is 5.77. The number of alkyl halides is 3. The van der Waals surface area contributed by atoms with Gasteiger partial charge < -0.3 is 15.4 Å². The minimum atomic E-state index is -4.38. The first-order chi connectivity index (χ1) is 11.9. The highest BCUT2D eigenvalue weighted by atomic mass is 19.4. The van der Waals surface area contributed by atoms with Gasteiger partial charge in [-0.3, -0.25) is 4.79 Å². The Balaban J connectivity index is 1.63. The van der Waals surface area contributed by atoms with Gasteiger partial charge in [0, 0.05) is 24.3 Å². The Morgan fingerprint density at radius 2 is 1.92 bits per heavy atom. The Hall–Kier alpha value is -2.54. The maximum absolute atomic E-state index is 12.5. The van der Waals surface area contributed by atoms with Gasteiger partial charge in [0.1, 0.15) is 12.4 Å². The number of hydrogen-bond donors (Lipinski definition) is 2. The van der Waals surface area contributed by atoms with Crippen molar-refractivity contribution in [3.63, 3.8) is 0 Å². The molecule has 1 aliphatic rings. The molecule has 0 saturated heterocycles. The zero-order valence-corrected chi connectivity index (χ0v) is 13.3. The molecule has 0 aromatic heterocycles. The summed E-state index contributed by atoms with van der Waals surface area (Å²) in [5.74, 6) is 0.493. The quantitative estimate of drug-likeness (QED) is 0.892. The molecule has 2 N–H and O–H groups in total. The molecule has 2 aromatic rings. The van der Waals surface area contributed by atoms with Crippen LogP contribution in [0.15, 0.2) is 42.5 Å². The van der Waals surface area contributed by atoms with E-state index in [4.69, 9.17) is 4.74 Å². The molecule has 0 bridgehead atoms. The summed E-state index contributed by atoms with van der Waals surface area (Å²) in [6, 6.07) is 9.97. The predicted molar refractivity (Wildman–Crippen MR) is 87.4 cm³/mol. The molecule has 3 rings (SSSR count). The molecule has 0 aliphatic carbocycles. The molecular formula is C18H17F3N2O2. The topological polar surface area (TPSA) is 50.4 Å². The Labute approximate surface area is 143 Å². The number of benzene rings is 2. The third-order valence-electron chi connectivity index (χ3n) is 3.84. The molecule has 1 heterocycles. The monoisotopic (exact) mass is 350 g/mol. The Morgan fingerprint density at radius 1 is 1.16 bits per heavy atom. The van der Waals surface area contributed by atoms with Crippen LogP contribution in [0.5, 0.6) is 5.75 Å². The summed E-state index contributed by atoms with van der Waals surface area (Å²) in [5.41, 5.74) is 1.37. The standard InChI is InChI=1S/C18H17F3N2O2/c19-18(20,21)14-3-1-12(2-4-14)9-17(24)23-15-5-6-16-13(10-15)11-22-7-8-25-16/h1-6,10,22H,7-9,11H2,(H,23,24). The molecule has 0 unspecified atom stereocenters. The number of rotatable bonds is 3. The van der Waals surface area contributed by atoms with E-state index in [1.807, 2.05) is 6.07 Å². The fourth-order valence-electron chi connectivity index (χ4n) is 2.59. The zero-order chi connectivity index (χ0) is 17.9. The summed E-state index contributed by atoms with van der Waals surface area (Å²) in [6.45, 7) is 1.99. The average Bonchev–Trinajstić information content (AvgIpc) is 2.79. The molecule has 1 aliphatic heterocycles. The van der Waals surface area contributed by atoms with Gasteiger partial charge in [-0.2, -0.15) is 13.2 Å². The number of carbonyl (C=O) groups excluding carboxylic acids is 1. The van der Waals surface area contributed by atoms with Gasteiger partial charge in [-0.05, 0) is 35.9 Å². The van der Waals surface area contributed by atoms with E-state index >= 15 is 0 Å². The van der Waals surface area contributed by atoms with Crippen LogP contribution in [0, 0.1) is 0 Å². The first kappa shape index (κ1) is 17.3. The summed E-state index contributed by atoms with van der Waals surface area (Å²) < 4.78 is 43.2. The molecule has 0 atom stereocenters. The summed E-state index contributed by atoms with van der Waals surface area (Å²) in [6.07, 6.45) is -4.37. The number of halogens is 3. The maximum atomic E-state index is 12.5. The molecule has 0 spiro atoms. The van der Waals surface area contributed by atoms with Crippen LogP contribution >= 0.6 is 0 Å². The van der Waals surface area contributed by atoms with E-state index in [2.05, 4.69) is 10.6 Å². The van der Waals surface area contributed by atoms with Crippen LogP contribution in [0.3, 0.4) is 0 Å². The summed E-state index contributed by atoms with van der Waals surface area (Å²) in [5, 5.41) is 5.97. The van der Waals surface area contributed by atoms with E-state index in [1.165, 1.54) is 12.1 Å². The smallest absolute Gasteiger partial charge is 0.416 e. The van der Waals surface area contributed by atoms with Gasteiger partial charge in [0.15, 0.2) is 0 Å². The minimum absolute atomic E-state index is 0.00394. The molecule has 2 aromatic carbocycles. The largest absolute Gasteiger partial charge is 0.492 e. The van der Waals surface area contributed by atoms with Crippen molar-refractivity contribution in [3.8, 4) is 5.75 Å². The van der Waals surface area contributed by atoms with Gasteiger partial charge in [-0.15, -0.1) is 0 Å². The van der Waals surface area contributed by atoms with Crippen LogP contribution in [0.2, 0.25) is 0 Å². The SMILES string of the molecule is O=C(Cc1ccc(C(F)(F)F)cc1)Nc1ccc2c(c1)CNCCO2. The Kier molecular flexibility index (Phi) is 4.94. The molecule has 1 amide bonds. The molecular weight excluding hydrogens is 333 g/mol. The molecule has 0 fully saturated rings. The van der Waals surface area contributed by atoms with E-state index < -0.39 is 11.7 Å². The van der Waals surface area contributed by atoms with Crippen LogP contribution in [0.4, 0.5) is 18.9 Å². The zero-order valence-electron chi connectivity index (χ0n) is 13.3. The fraction of sp³-hybridized carbons (Fsp3) is 0.278. The van der Waals surface area contributed by atoms with E-state index in [9.17, 15) is 18.0 Å². The molecule has 4 nitrogen and oxygen atoms in total. The lowest BCUT2D eigenvalue weighted by molar-refractivity contribution is -0.137.